The summed E-state index contributed by atoms with van der Waals surface area (Å²) in [5.74, 6) is 0.111. The first-order valence-corrected chi connectivity index (χ1v) is 7.45. The minimum absolute atomic E-state index is 0.0109. The molecule has 0 aliphatic rings. The molecule has 0 saturated heterocycles. The van der Waals surface area contributed by atoms with E-state index in [0.717, 1.165) is 25.9 Å². The minimum atomic E-state index is -0.0274. The highest BCUT2D eigenvalue weighted by Gasteiger charge is 2.12. The molecule has 0 spiro atoms. The molecule has 5 N–H and O–H groups in total. The summed E-state index contributed by atoms with van der Waals surface area (Å²) in [6.45, 7) is 8.99. The van der Waals surface area contributed by atoms with Crippen LogP contribution >= 0.6 is 0 Å². The Balaban J connectivity index is 3.57. The molecule has 2 amide bonds. The summed E-state index contributed by atoms with van der Waals surface area (Å²) in [7, 11) is 0. The van der Waals surface area contributed by atoms with E-state index in [1.807, 2.05) is 20.8 Å². The SMILES string of the molecule is CC(C)C(=O)NCCCC(C)C(=O)NCCNCCN. The van der Waals surface area contributed by atoms with Crippen LogP contribution in [0.5, 0.6) is 0 Å². The second-order valence-electron chi connectivity index (χ2n) is 5.32. The van der Waals surface area contributed by atoms with E-state index >= 15 is 0 Å². The molecular weight excluding hydrogens is 256 g/mol. The summed E-state index contributed by atoms with van der Waals surface area (Å²) in [5.41, 5.74) is 5.35. The Morgan fingerprint density at radius 3 is 2.20 bits per heavy atom. The van der Waals surface area contributed by atoms with E-state index in [9.17, 15) is 9.59 Å². The predicted octanol–water partition coefficient (Wildman–Crippen LogP) is -0.161. The van der Waals surface area contributed by atoms with Crippen molar-refractivity contribution >= 4 is 11.8 Å². The Kier molecular flexibility index (Phi) is 11.0. The van der Waals surface area contributed by atoms with Crippen LogP contribution in [0.4, 0.5) is 0 Å². The highest BCUT2D eigenvalue weighted by Crippen LogP contribution is 2.04. The van der Waals surface area contributed by atoms with Crippen LogP contribution in [-0.4, -0.2) is 44.5 Å². The van der Waals surface area contributed by atoms with Crippen molar-refractivity contribution in [3.8, 4) is 0 Å². The Hall–Kier alpha value is -1.14. The van der Waals surface area contributed by atoms with Crippen molar-refractivity contribution in [1.82, 2.24) is 16.0 Å². The summed E-state index contributed by atoms with van der Waals surface area (Å²) in [6, 6.07) is 0. The lowest BCUT2D eigenvalue weighted by molar-refractivity contribution is -0.124. The monoisotopic (exact) mass is 286 g/mol. The van der Waals surface area contributed by atoms with Crippen LogP contribution < -0.4 is 21.7 Å². The quantitative estimate of drug-likeness (QED) is 0.397. The van der Waals surface area contributed by atoms with Crippen molar-refractivity contribution in [3.05, 3.63) is 0 Å². The Morgan fingerprint density at radius 2 is 1.60 bits per heavy atom. The van der Waals surface area contributed by atoms with Crippen molar-refractivity contribution in [1.29, 1.82) is 0 Å². The normalized spacial score (nSPS) is 12.2. The number of carbonyl (C=O) groups excluding carboxylic acids is 2. The van der Waals surface area contributed by atoms with Gasteiger partial charge in [-0.3, -0.25) is 9.59 Å². The third-order valence-corrected chi connectivity index (χ3v) is 3.01. The first-order chi connectivity index (χ1) is 9.49. The molecule has 0 saturated carbocycles. The molecule has 0 aromatic rings. The van der Waals surface area contributed by atoms with Crippen LogP contribution in [0.3, 0.4) is 0 Å². The first kappa shape index (κ1) is 18.9. The van der Waals surface area contributed by atoms with E-state index in [4.69, 9.17) is 5.73 Å². The number of amides is 2. The van der Waals surface area contributed by atoms with Crippen LogP contribution in [0, 0.1) is 11.8 Å². The predicted molar refractivity (Wildman–Crippen MR) is 81.2 cm³/mol. The third kappa shape index (κ3) is 9.75. The van der Waals surface area contributed by atoms with Gasteiger partial charge in [0.15, 0.2) is 0 Å². The molecule has 0 fully saturated rings. The fraction of sp³-hybridized carbons (Fsp3) is 0.857. The van der Waals surface area contributed by atoms with Gasteiger partial charge in [-0.05, 0) is 12.8 Å². The summed E-state index contributed by atoms with van der Waals surface area (Å²) in [4.78, 5) is 23.1. The molecular formula is C14H30N4O2. The zero-order valence-electron chi connectivity index (χ0n) is 13.0. The summed E-state index contributed by atoms with van der Waals surface area (Å²) in [6.07, 6.45) is 1.60. The lowest BCUT2D eigenvalue weighted by atomic mass is 10.0. The summed E-state index contributed by atoms with van der Waals surface area (Å²) < 4.78 is 0. The lowest BCUT2D eigenvalue weighted by Crippen LogP contribution is -2.36. The van der Waals surface area contributed by atoms with Gasteiger partial charge in [0.25, 0.3) is 0 Å². The molecule has 0 aliphatic heterocycles. The second kappa shape index (κ2) is 11.7. The molecule has 20 heavy (non-hydrogen) atoms. The Bertz CT molecular complexity index is 282. The van der Waals surface area contributed by atoms with Crippen molar-refractivity contribution in [2.24, 2.45) is 17.6 Å². The third-order valence-electron chi connectivity index (χ3n) is 3.01. The molecule has 0 aromatic carbocycles. The van der Waals surface area contributed by atoms with E-state index < -0.39 is 0 Å². The van der Waals surface area contributed by atoms with Gasteiger partial charge >= 0.3 is 0 Å². The van der Waals surface area contributed by atoms with Crippen LogP contribution in [0.2, 0.25) is 0 Å². The van der Waals surface area contributed by atoms with Gasteiger partial charge in [-0.15, -0.1) is 0 Å². The van der Waals surface area contributed by atoms with E-state index in [0.29, 0.717) is 19.6 Å². The standard InChI is InChI=1S/C14H30N4O2/c1-11(2)13(19)17-7-4-5-12(3)14(20)18-10-9-16-8-6-15/h11-12,16H,4-10,15H2,1-3H3,(H,17,19)(H,18,20). The topological polar surface area (TPSA) is 96.2 Å². The maximum Gasteiger partial charge on any atom is 0.222 e. The van der Waals surface area contributed by atoms with Crippen LogP contribution in [-0.2, 0) is 9.59 Å². The average Bonchev–Trinajstić information content (AvgIpc) is 2.42. The highest BCUT2D eigenvalue weighted by molar-refractivity contribution is 5.78. The number of rotatable bonds is 11. The van der Waals surface area contributed by atoms with Gasteiger partial charge in [-0.25, -0.2) is 0 Å². The first-order valence-electron chi connectivity index (χ1n) is 7.45. The van der Waals surface area contributed by atoms with Gasteiger partial charge in [-0.1, -0.05) is 20.8 Å². The molecule has 1 unspecified atom stereocenters. The molecule has 6 heteroatoms. The van der Waals surface area contributed by atoms with Gasteiger partial charge < -0.3 is 21.7 Å². The van der Waals surface area contributed by atoms with E-state index in [1.165, 1.54) is 0 Å². The maximum atomic E-state index is 11.8. The van der Waals surface area contributed by atoms with E-state index in [1.54, 1.807) is 0 Å². The number of hydrogen-bond acceptors (Lipinski definition) is 4. The van der Waals surface area contributed by atoms with Crippen molar-refractivity contribution in [3.63, 3.8) is 0 Å². The van der Waals surface area contributed by atoms with E-state index in [-0.39, 0.29) is 23.7 Å². The summed E-state index contributed by atoms with van der Waals surface area (Å²) in [5, 5.41) is 8.85. The Labute approximate surface area is 122 Å². The molecule has 118 valence electrons. The molecule has 1 atom stereocenters. The fourth-order valence-electron chi connectivity index (χ4n) is 1.63. The number of nitrogens with two attached hydrogens (primary N) is 1. The largest absolute Gasteiger partial charge is 0.356 e. The zero-order chi connectivity index (χ0) is 15.4. The van der Waals surface area contributed by atoms with Gasteiger partial charge in [0.2, 0.25) is 11.8 Å². The molecule has 0 heterocycles. The van der Waals surface area contributed by atoms with Gasteiger partial charge in [0.1, 0.15) is 0 Å². The minimum Gasteiger partial charge on any atom is -0.356 e. The lowest BCUT2D eigenvalue weighted by Gasteiger charge is -2.13. The van der Waals surface area contributed by atoms with E-state index in [2.05, 4.69) is 16.0 Å². The average molecular weight is 286 g/mol. The molecule has 0 rings (SSSR count). The van der Waals surface area contributed by atoms with Crippen molar-refractivity contribution in [2.45, 2.75) is 33.6 Å². The number of hydrogen-bond donors (Lipinski definition) is 4. The Morgan fingerprint density at radius 1 is 0.950 bits per heavy atom. The highest BCUT2D eigenvalue weighted by atomic mass is 16.2. The molecule has 0 aromatic heterocycles. The van der Waals surface area contributed by atoms with Crippen LogP contribution in [0.25, 0.3) is 0 Å². The van der Waals surface area contributed by atoms with Crippen LogP contribution in [0.1, 0.15) is 33.6 Å². The number of nitrogens with one attached hydrogen (secondary N) is 3. The van der Waals surface area contributed by atoms with Crippen LogP contribution in [0.15, 0.2) is 0 Å². The van der Waals surface area contributed by atoms with Gasteiger partial charge in [0, 0.05) is 44.6 Å². The molecule has 0 bridgehead atoms. The smallest absolute Gasteiger partial charge is 0.222 e. The molecule has 0 aliphatic carbocycles. The molecule has 6 nitrogen and oxygen atoms in total. The maximum absolute atomic E-state index is 11.8. The zero-order valence-corrected chi connectivity index (χ0v) is 13.0. The van der Waals surface area contributed by atoms with Gasteiger partial charge in [0.05, 0.1) is 0 Å². The second-order valence-corrected chi connectivity index (χ2v) is 5.32. The number of carbonyl (C=O) groups is 2. The van der Waals surface area contributed by atoms with Crippen molar-refractivity contribution < 1.29 is 9.59 Å². The van der Waals surface area contributed by atoms with Crippen molar-refractivity contribution in [2.75, 3.05) is 32.7 Å². The molecule has 0 radical (unpaired) electrons. The summed E-state index contributed by atoms with van der Waals surface area (Å²) >= 11 is 0. The van der Waals surface area contributed by atoms with Gasteiger partial charge in [-0.2, -0.15) is 0 Å². The fourth-order valence-corrected chi connectivity index (χ4v) is 1.63.